The van der Waals surface area contributed by atoms with E-state index in [1.165, 1.54) is 6.92 Å². The Balaban J connectivity index is 2.45. The normalized spacial score (nSPS) is 15.2. The number of nitro benzene ring substituents is 2. The highest BCUT2D eigenvalue weighted by atomic mass is 16.6. The molecule has 1 saturated heterocycles. The summed E-state index contributed by atoms with van der Waals surface area (Å²) in [5, 5.41) is 22.0. The van der Waals surface area contributed by atoms with Gasteiger partial charge in [-0.15, -0.1) is 0 Å². The van der Waals surface area contributed by atoms with Gasteiger partial charge >= 0.3 is 0 Å². The first-order valence-electron chi connectivity index (χ1n) is 7.14. The molecule has 1 aromatic rings. The highest BCUT2D eigenvalue weighted by molar-refractivity contribution is 5.97. The van der Waals surface area contributed by atoms with Gasteiger partial charge in [-0.1, -0.05) is 12.8 Å². The van der Waals surface area contributed by atoms with Gasteiger partial charge in [-0.05, 0) is 19.8 Å². The summed E-state index contributed by atoms with van der Waals surface area (Å²) in [6.45, 7) is 2.61. The van der Waals surface area contributed by atoms with Crippen molar-refractivity contribution in [1.82, 2.24) is 4.90 Å². The number of carbonyl (C=O) groups excluding carboxylic acids is 1. The lowest BCUT2D eigenvalue weighted by atomic mass is 10.0. The molecule has 8 nitrogen and oxygen atoms in total. The largest absolute Gasteiger partial charge is 0.339 e. The van der Waals surface area contributed by atoms with Gasteiger partial charge in [0, 0.05) is 24.7 Å². The van der Waals surface area contributed by atoms with Crippen LogP contribution in [0.25, 0.3) is 0 Å². The lowest BCUT2D eigenvalue weighted by Gasteiger charge is -2.21. The van der Waals surface area contributed by atoms with E-state index in [9.17, 15) is 25.0 Å². The molecule has 0 N–H and O–H groups in total. The molecular formula is C14H17N3O5. The minimum Gasteiger partial charge on any atom is -0.339 e. The molecule has 0 aliphatic carbocycles. The Bertz CT molecular complexity index is 621. The lowest BCUT2D eigenvalue weighted by Crippen LogP contribution is -2.32. The fraction of sp³-hybridized carbons (Fsp3) is 0.500. The van der Waals surface area contributed by atoms with Crippen molar-refractivity contribution in [3.8, 4) is 0 Å². The van der Waals surface area contributed by atoms with E-state index >= 15 is 0 Å². The van der Waals surface area contributed by atoms with Crippen molar-refractivity contribution in [2.45, 2.75) is 32.6 Å². The Labute approximate surface area is 127 Å². The molecule has 8 heteroatoms. The summed E-state index contributed by atoms with van der Waals surface area (Å²) < 4.78 is 0. The molecule has 1 heterocycles. The molecule has 0 atom stereocenters. The summed E-state index contributed by atoms with van der Waals surface area (Å²) in [6.07, 6.45) is 3.83. The predicted octanol–water partition coefficient (Wildman–Crippen LogP) is 2.83. The van der Waals surface area contributed by atoms with Gasteiger partial charge < -0.3 is 4.90 Å². The molecule has 0 aromatic heterocycles. The number of non-ortho nitro benzene ring substituents is 1. The van der Waals surface area contributed by atoms with Gasteiger partial charge in [0.25, 0.3) is 17.3 Å². The molecule has 0 unspecified atom stereocenters. The Morgan fingerprint density at radius 1 is 1.05 bits per heavy atom. The molecule has 1 aliphatic rings. The van der Waals surface area contributed by atoms with Crippen molar-refractivity contribution in [3.63, 3.8) is 0 Å². The van der Waals surface area contributed by atoms with Crippen molar-refractivity contribution in [3.05, 3.63) is 43.5 Å². The maximum Gasteiger partial charge on any atom is 0.279 e. The molecule has 1 amide bonds. The first kappa shape index (κ1) is 15.9. The second-order valence-corrected chi connectivity index (χ2v) is 5.36. The van der Waals surface area contributed by atoms with E-state index in [0.717, 1.165) is 37.8 Å². The average Bonchev–Trinajstić information content (AvgIpc) is 2.75. The van der Waals surface area contributed by atoms with Crippen LogP contribution in [-0.4, -0.2) is 33.7 Å². The highest BCUT2D eigenvalue weighted by Crippen LogP contribution is 2.29. The summed E-state index contributed by atoms with van der Waals surface area (Å²) in [5.41, 5.74) is -0.615. The molecular weight excluding hydrogens is 290 g/mol. The third-order valence-corrected chi connectivity index (χ3v) is 3.90. The third-order valence-electron chi connectivity index (χ3n) is 3.90. The zero-order valence-electron chi connectivity index (χ0n) is 12.3. The van der Waals surface area contributed by atoms with E-state index in [4.69, 9.17) is 0 Å². The van der Waals surface area contributed by atoms with Gasteiger partial charge in [0.1, 0.15) is 0 Å². The Hall–Kier alpha value is -2.51. The van der Waals surface area contributed by atoms with Crippen molar-refractivity contribution in [1.29, 1.82) is 0 Å². The number of rotatable bonds is 3. The number of likely N-dealkylation sites (tertiary alicyclic amines) is 1. The SMILES string of the molecule is Cc1c(C(=O)N2CCCCCC2)cc([N+](=O)[O-])cc1[N+](=O)[O-]. The second kappa shape index (κ2) is 6.50. The molecule has 118 valence electrons. The standard InChI is InChI=1S/C14H17N3O5/c1-10-12(14(18)15-6-4-2-3-5-7-15)8-11(16(19)20)9-13(10)17(21)22/h8-9H,2-7H2,1H3. The molecule has 0 bridgehead atoms. The number of hydrogen-bond donors (Lipinski definition) is 0. The van der Waals surface area contributed by atoms with E-state index < -0.39 is 21.2 Å². The predicted molar refractivity (Wildman–Crippen MR) is 78.9 cm³/mol. The molecule has 1 aliphatic heterocycles. The summed E-state index contributed by atoms with van der Waals surface area (Å²) in [6, 6.07) is 2.03. The fourth-order valence-electron chi connectivity index (χ4n) is 2.65. The maximum atomic E-state index is 12.6. The van der Waals surface area contributed by atoms with Crippen LogP contribution in [0.1, 0.15) is 41.6 Å². The van der Waals surface area contributed by atoms with E-state index in [0.29, 0.717) is 13.1 Å². The van der Waals surface area contributed by atoms with Crippen LogP contribution in [-0.2, 0) is 0 Å². The van der Waals surface area contributed by atoms with Crippen LogP contribution in [0.5, 0.6) is 0 Å². The summed E-state index contributed by atoms with van der Waals surface area (Å²) in [4.78, 5) is 34.8. The summed E-state index contributed by atoms with van der Waals surface area (Å²) in [5.74, 6) is -0.369. The average molecular weight is 307 g/mol. The van der Waals surface area contributed by atoms with Gasteiger partial charge in [0.05, 0.1) is 21.5 Å². The van der Waals surface area contributed by atoms with E-state index in [1.54, 1.807) is 4.90 Å². The van der Waals surface area contributed by atoms with Gasteiger partial charge in [0.2, 0.25) is 0 Å². The summed E-state index contributed by atoms with van der Waals surface area (Å²) in [7, 11) is 0. The minimum atomic E-state index is -0.717. The highest BCUT2D eigenvalue weighted by Gasteiger charge is 2.27. The molecule has 22 heavy (non-hydrogen) atoms. The molecule has 1 fully saturated rings. The fourth-order valence-corrected chi connectivity index (χ4v) is 2.65. The van der Waals surface area contributed by atoms with Crippen LogP contribution >= 0.6 is 0 Å². The monoisotopic (exact) mass is 307 g/mol. The van der Waals surface area contributed by atoms with E-state index in [-0.39, 0.29) is 17.0 Å². The Morgan fingerprint density at radius 3 is 2.14 bits per heavy atom. The third kappa shape index (κ3) is 3.21. The first-order chi connectivity index (χ1) is 10.4. The Morgan fingerprint density at radius 2 is 1.64 bits per heavy atom. The molecule has 0 radical (unpaired) electrons. The topological polar surface area (TPSA) is 107 Å². The molecule has 0 saturated carbocycles. The van der Waals surface area contributed by atoms with Crippen molar-refractivity contribution < 1.29 is 14.6 Å². The van der Waals surface area contributed by atoms with Crippen LogP contribution in [0.4, 0.5) is 11.4 Å². The lowest BCUT2D eigenvalue weighted by molar-refractivity contribution is -0.394. The van der Waals surface area contributed by atoms with E-state index in [2.05, 4.69) is 0 Å². The number of hydrogen-bond acceptors (Lipinski definition) is 5. The van der Waals surface area contributed by atoms with Crippen molar-refractivity contribution in [2.75, 3.05) is 13.1 Å². The summed E-state index contributed by atoms with van der Waals surface area (Å²) >= 11 is 0. The molecule has 0 spiro atoms. The maximum absolute atomic E-state index is 12.6. The van der Waals surface area contributed by atoms with Gasteiger partial charge in [0.15, 0.2) is 0 Å². The van der Waals surface area contributed by atoms with Gasteiger partial charge in [-0.25, -0.2) is 0 Å². The van der Waals surface area contributed by atoms with Crippen LogP contribution in [0.15, 0.2) is 12.1 Å². The quantitative estimate of drug-likeness (QED) is 0.630. The number of amides is 1. The number of carbonyl (C=O) groups is 1. The zero-order chi connectivity index (χ0) is 16.3. The van der Waals surface area contributed by atoms with Crippen LogP contribution in [0, 0.1) is 27.2 Å². The number of nitro groups is 2. The zero-order valence-corrected chi connectivity index (χ0v) is 12.3. The van der Waals surface area contributed by atoms with Crippen molar-refractivity contribution in [2.24, 2.45) is 0 Å². The van der Waals surface area contributed by atoms with Gasteiger partial charge in [-0.3, -0.25) is 25.0 Å². The second-order valence-electron chi connectivity index (χ2n) is 5.36. The number of benzene rings is 1. The molecule has 2 rings (SSSR count). The van der Waals surface area contributed by atoms with Crippen LogP contribution in [0.3, 0.4) is 0 Å². The minimum absolute atomic E-state index is 0.0443. The van der Waals surface area contributed by atoms with E-state index in [1.807, 2.05) is 0 Å². The van der Waals surface area contributed by atoms with Crippen molar-refractivity contribution >= 4 is 17.3 Å². The van der Waals surface area contributed by atoms with Crippen LogP contribution < -0.4 is 0 Å². The smallest absolute Gasteiger partial charge is 0.279 e. The molecule has 1 aromatic carbocycles. The first-order valence-corrected chi connectivity index (χ1v) is 7.14. The Kier molecular flexibility index (Phi) is 4.69. The van der Waals surface area contributed by atoms with Gasteiger partial charge in [-0.2, -0.15) is 0 Å². The number of nitrogens with zero attached hydrogens (tertiary/aromatic N) is 3. The van der Waals surface area contributed by atoms with Crippen LogP contribution in [0.2, 0.25) is 0 Å².